The number of allylic oxidation sites excluding steroid dienone is 1. The molecule has 0 aliphatic heterocycles. The van der Waals surface area contributed by atoms with E-state index in [2.05, 4.69) is 5.32 Å². The number of methoxy groups -OCH3 is 1. The van der Waals surface area contributed by atoms with Gasteiger partial charge in [0.05, 0.1) is 19.2 Å². The van der Waals surface area contributed by atoms with Gasteiger partial charge in [-0.2, -0.15) is 10.5 Å². The van der Waals surface area contributed by atoms with Crippen LogP contribution in [0.1, 0.15) is 5.56 Å². The fourth-order valence-corrected chi connectivity index (χ4v) is 1.39. The molecule has 0 amide bonds. The van der Waals surface area contributed by atoms with Crippen LogP contribution in [0.4, 0.5) is 5.69 Å². The second kappa shape index (κ2) is 6.67. The van der Waals surface area contributed by atoms with Crippen molar-refractivity contribution in [2.45, 2.75) is 6.42 Å². The number of hydrogen-bond acceptors (Lipinski definition) is 5. The summed E-state index contributed by atoms with van der Waals surface area (Å²) >= 11 is 0. The predicted molar refractivity (Wildman–Crippen MR) is 67.3 cm³/mol. The van der Waals surface area contributed by atoms with Crippen LogP contribution in [-0.2, 0) is 11.2 Å². The van der Waals surface area contributed by atoms with Crippen LogP contribution >= 0.6 is 0 Å². The number of carboxylic acid groups (broad SMARTS) is 1. The van der Waals surface area contributed by atoms with Crippen molar-refractivity contribution >= 4 is 11.7 Å². The van der Waals surface area contributed by atoms with Gasteiger partial charge in [0, 0.05) is 6.20 Å². The maximum absolute atomic E-state index is 10.6. The lowest BCUT2D eigenvalue weighted by Gasteiger charge is -2.09. The Bertz CT molecular complexity index is 578. The van der Waals surface area contributed by atoms with Crippen molar-refractivity contribution in [3.05, 3.63) is 35.5 Å². The Morgan fingerprint density at radius 2 is 2.16 bits per heavy atom. The fourth-order valence-electron chi connectivity index (χ4n) is 1.39. The van der Waals surface area contributed by atoms with Gasteiger partial charge < -0.3 is 15.2 Å². The predicted octanol–water partition coefficient (Wildman–Crippen LogP) is 1.67. The molecule has 0 aliphatic carbocycles. The number of hydrogen-bond donors (Lipinski definition) is 2. The van der Waals surface area contributed by atoms with Gasteiger partial charge in [0.1, 0.15) is 23.5 Å². The minimum atomic E-state index is -0.943. The monoisotopic (exact) mass is 257 g/mol. The Morgan fingerprint density at radius 1 is 1.47 bits per heavy atom. The lowest BCUT2D eigenvalue weighted by molar-refractivity contribution is -0.136. The SMILES string of the molecule is COc1ccc(CC(=O)O)cc1NC=C(C#N)C#N. The number of benzene rings is 1. The standard InChI is InChI=1S/C13H11N3O3/c1-19-12-3-2-9(5-13(17)18)4-11(12)16-8-10(6-14)7-15/h2-4,8,16H,5H2,1H3,(H,17,18). The first-order valence-electron chi connectivity index (χ1n) is 5.26. The Balaban J connectivity index is 3.04. The van der Waals surface area contributed by atoms with E-state index in [4.69, 9.17) is 20.4 Å². The molecular formula is C13H11N3O3. The van der Waals surface area contributed by atoms with Crippen LogP contribution in [0.5, 0.6) is 5.75 Å². The number of carboxylic acids is 1. The van der Waals surface area contributed by atoms with Crippen molar-refractivity contribution in [1.29, 1.82) is 10.5 Å². The molecule has 1 aromatic carbocycles. The number of nitriles is 2. The molecule has 2 N–H and O–H groups in total. The zero-order valence-corrected chi connectivity index (χ0v) is 10.2. The average molecular weight is 257 g/mol. The Morgan fingerprint density at radius 3 is 2.68 bits per heavy atom. The summed E-state index contributed by atoms with van der Waals surface area (Å²) in [6, 6.07) is 8.26. The van der Waals surface area contributed by atoms with Crippen LogP contribution in [0.2, 0.25) is 0 Å². The Labute approximate surface area is 110 Å². The van der Waals surface area contributed by atoms with Gasteiger partial charge in [-0.1, -0.05) is 6.07 Å². The molecule has 0 spiro atoms. The maximum atomic E-state index is 10.6. The lowest BCUT2D eigenvalue weighted by atomic mass is 10.1. The van der Waals surface area contributed by atoms with Crippen LogP contribution in [0.25, 0.3) is 0 Å². The molecule has 0 heterocycles. The fraction of sp³-hybridized carbons (Fsp3) is 0.154. The number of anilines is 1. The molecule has 0 aliphatic rings. The highest BCUT2D eigenvalue weighted by Crippen LogP contribution is 2.26. The molecule has 1 rings (SSSR count). The number of nitrogens with one attached hydrogen (secondary N) is 1. The minimum Gasteiger partial charge on any atom is -0.495 e. The van der Waals surface area contributed by atoms with Gasteiger partial charge in [-0.3, -0.25) is 4.79 Å². The molecule has 6 heteroatoms. The van der Waals surface area contributed by atoms with Gasteiger partial charge in [0.15, 0.2) is 0 Å². The smallest absolute Gasteiger partial charge is 0.307 e. The van der Waals surface area contributed by atoms with Crippen molar-refractivity contribution in [2.75, 3.05) is 12.4 Å². The molecule has 0 fully saturated rings. The number of nitrogens with zero attached hydrogens (tertiary/aromatic N) is 2. The minimum absolute atomic E-state index is 0.0920. The zero-order valence-electron chi connectivity index (χ0n) is 10.2. The van der Waals surface area contributed by atoms with Crippen LogP contribution < -0.4 is 10.1 Å². The first-order chi connectivity index (χ1) is 9.10. The third-order valence-electron chi connectivity index (χ3n) is 2.23. The molecule has 0 saturated carbocycles. The van der Waals surface area contributed by atoms with Gasteiger partial charge in [-0.15, -0.1) is 0 Å². The van der Waals surface area contributed by atoms with E-state index in [-0.39, 0.29) is 12.0 Å². The summed E-state index contributed by atoms with van der Waals surface area (Å²) in [4.78, 5) is 10.6. The molecule has 96 valence electrons. The molecule has 0 aromatic heterocycles. The van der Waals surface area contributed by atoms with E-state index in [0.29, 0.717) is 17.0 Å². The van der Waals surface area contributed by atoms with E-state index in [0.717, 1.165) is 0 Å². The molecular weight excluding hydrogens is 246 g/mol. The number of rotatable bonds is 5. The summed E-state index contributed by atoms with van der Waals surface area (Å²) in [7, 11) is 1.47. The van der Waals surface area contributed by atoms with Crippen molar-refractivity contribution < 1.29 is 14.6 Å². The first kappa shape index (κ1) is 14.1. The molecule has 0 atom stereocenters. The second-order valence-corrected chi connectivity index (χ2v) is 3.53. The summed E-state index contributed by atoms with van der Waals surface area (Å²) < 4.78 is 5.10. The largest absolute Gasteiger partial charge is 0.495 e. The number of aliphatic carboxylic acids is 1. The molecule has 0 unspecified atom stereocenters. The van der Waals surface area contributed by atoms with Gasteiger partial charge in [-0.25, -0.2) is 0 Å². The third kappa shape index (κ3) is 4.06. The average Bonchev–Trinajstić information content (AvgIpc) is 2.39. The van der Waals surface area contributed by atoms with Gasteiger partial charge >= 0.3 is 5.97 Å². The van der Waals surface area contributed by atoms with Gasteiger partial charge in [-0.05, 0) is 17.7 Å². The van der Waals surface area contributed by atoms with Gasteiger partial charge in [0.25, 0.3) is 0 Å². The number of carbonyl (C=O) groups is 1. The summed E-state index contributed by atoms with van der Waals surface area (Å²) in [5.74, 6) is -0.456. The Kier molecular flexibility index (Phi) is 4.94. The molecule has 1 aromatic rings. The highest BCUT2D eigenvalue weighted by Gasteiger charge is 2.06. The molecule has 0 saturated heterocycles. The molecule has 6 nitrogen and oxygen atoms in total. The highest BCUT2D eigenvalue weighted by atomic mass is 16.5. The molecule has 0 radical (unpaired) electrons. The number of ether oxygens (including phenoxy) is 1. The van der Waals surface area contributed by atoms with Crippen molar-refractivity contribution in [3.63, 3.8) is 0 Å². The van der Waals surface area contributed by atoms with Gasteiger partial charge in [0.2, 0.25) is 0 Å². The summed E-state index contributed by atoms with van der Waals surface area (Å²) in [6.45, 7) is 0. The van der Waals surface area contributed by atoms with Crippen molar-refractivity contribution in [2.24, 2.45) is 0 Å². The van der Waals surface area contributed by atoms with E-state index in [9.17, 15) is 4.79 Å². The van der Waals surface area contributed by atoms with Crippen LogP contribution in [-0.4, -0.2) is 18.2 Å². The third-order valence-corrected chi connectivity index (χ3v) is 2.23. The maximum Gasteiger partial charge on any atom is 0.307 e. The topological polar surface area (TPSA) is 106 Å². The lowest BCUT2D eigenvalue weighted by Crippen LogP contribution is -2.02. The van der Waals surface area contributed by atoms with E-state index < -0.39 is 5.97 Å². The Hall–Kier alpha value is -2.99. The van der Waals surface area contributed by atoms with E-state index in [1.54, 1.807) is 30.3 Å². The second-order valence-electron chi connectivity index (χ2n) is 3.53. The van der Waals surface area contributed by atoms with E-state index in [1.807, 2.05) is 0 Å². The molecule has 0 bridgehead atoms. The summed E-state index contributed by atoms with van der Waals surface area (Å²) in [5, 5.41) is 28.7. The normalized spacial score (nSPS) is 8.79. The van der Waals surface area contributed by atoms with Crippen LogP contribution in [0.15, 0.2) is 30.0 Å². The first-order valence-corrected chi connectivity index (χ1v) is 5.26. The summed E-state index contributed by atoms with van der Waals surface area (Å²) in [5.41, 5.74) is 0.981. The van der Waals surface area contributed by atoms with Crippen molar-refractivity contribution in [3.8, 4) is 17.9 Å². The summed E-state index contributed by atoms with van der Waals surface area (Å²) in [6.07, 6.45) is 1.12. The van der Waals surface area contributed by atoms with Crippen LogP contribution in [0.3, 0.4) is 0 Å². The quantitative estimate of drug-likeness (QED) is 0.777. The van der Waals surface area contributed by atoms with E-state index in [1.165, 1.54) is 13.3 Å². The van der Waals surface area contributed by atoms with E-state index >= 15 is 0 Å². The zero-order chi connectivity index (χ0) is 14.3. The van der Waals surface area contributed by atoms with Crippen LogP contribution in [0, 0.1) is 22.7 Å². The van der Waals surface area contributed by atoms with Crippen molar-refractivity contribution in [1.82, 2.24) is 0 Å². The highest BCUT2D eigenvalue weighted by molar-refractivity contribution is 5.72. The molecule has 19 heavy (non-hydrogen) atoms.